The summed E-state index contributed by atoms with van der Waals surface area (Å²) in [7, 11) is 0. The van der Waals surface area contributed by atoms with Crippen LogP contribution in [0.1, 0.15) is 17.4 Å². The van der Waals surface area contributed by atoms with Crippen LogP contribution in [0.15, 0.2) is 22.9 Å². The van der Waals surface area contributed by atoms with E-state index in [-0.39, 0.29) is 18.6 Å². The molecular formula is C11H13N3O2S. The third kappa shape index (κ3) is 2.72. The first kappa shape index (κ1) is 11.8. The summed E-state index contributed by atoms with van der Waals surface area (Å²) in [5, 5.41) is 22.2. The van der Waals surface area contributed by atoms with Crippen molar-refractivity contribution in [3.63, 3.8) is 0 Å². The molecule has 0 fully saturated rings. The molecule has 5 nitrogen and oxygen atoms in total. The Balaban J connectivity index is 2.11. The zero-order chi connectivity index (χ0) is 12.3. The minimum absolute atomic E-state index is 0.0860. The Kier molecular flexibility index (Phi) is 3.55. The van der Waals surface area contributed by atoms with Crippen LogP contribution in [0.3, 0.4) is 0 Å². The topological polar surface area (TPSA) is 78.0 Å². The van der Waals surface area contributed by atoms with Gasteiger partial charge in [0.2, 0.25) is 0 Å². The molecule has 90 valence electrons. The maximum absolute atomic E-state index is 11.7. The highest BCUT2D eigenvalue weighted by Gasteiger charge is 2.12. The molecule has 2 rings (SSSR count). The maximum Gasteiger partial charge on any atom is 0.269 e. The highest BCUT2D eigenvalue weighted by molar-refractivity contribution is 7.08. The number of aromatic amines is 1. The standard InChI is InChI=1S/C11H13N3O2S/c1-7(5-15)12-11(16)10-4-9(13-14-10)8-2-3-17-6-8/h2-4,6-7,15H,5H2,1H3,(H,12,16)(H,13,14). The van der Waals surface area contributed by atoms with Crippen molar-refractivity contribution in [1.82, 2.24) is 15.5 Å². The summed E-state index contributed by atoms with van der Waals surface area (Å²) >= 11 is 1.58. The monoisotopic (exact) mass is 251 g/mol. The zero-order valence-electron chi connectivity index (χ0n) is 9.30. The SMILES string of the molecule is CC(CO)NC(=O)c1cc(-c2ccsc2)n[nH]1. The third-order valence-corrected chi connectivity index (χ3v) is 2.97. The van der Waals surface area contributed by atoms with Crippen LogP contribution in [-0.4, -0.2) is 33.9 Å². The van der Waals surface area contributed by atoms with Gasteiger partial charge in [-0.2, -0.15) is 16.4 Å². The molecule has 0 aromatic carbocycles. The summed E-state index contributed by atoms with van der Waals surface area (Å²) in [6, 6.07) is 3.37. The normalized spacial score (nSPS) is 12.4. The fraction of sp³-hybridized carbons (Fsp3) is 0.273. The van der Waals surface area contributed by atoms with Gasteiger partial charge in [0.15, 0.2) is 0 Å². The van der Waals surface area contributed by atoms with Crippen molar-refractivity contribution in [2.75, 3.05) is 6.61 Å². The molecule has 0 saturated heterocycles. The number of nitrogens with zero attached hydrogens (tertiary/aromatic N) is 1. The molecule has 2 aromatic rings. The van der Waals surface area contributed by atoms with Crippen molar-refractivity contribution in [3.05, 3.63) is 28.6 Å². The summed E-state index contributed by atoms with van der Waals surface area (Å²) in [4.78, 5) is 11.7. The lowest BCUT2D eigenvalue weighted by atomic mass is 10.2. The second-order valence-electron chi connectivity index (χ2n) is 3.74. The van der Waals surface area contributed by atoms with Crippen molar-refractivity contribution >= 4 is 17.2 Å². The van der Waals surface area contributed by atoms with Crippen LogP contribution in [0.5, 0.6) is 0 Å². The van der Waals surface area contributed by atoms with E-state index in [1.807, 2.05) is 16.8 Å². The molecular weight excluding hydrogens is 238 g/mol. The van der Waals surface area contributed by atoms with Gasteiger partial charge in [-0.15, -0.1) is 0 Å². The summed E-state index contributed by atoms with van der Waals surface area (Å²) in [6.45, 7) is 1.64. The number of rotatable bonds is 4. The number of carbonyl (C=O) groups excluding carboxylic acids is 1. The number of nitrogens with one attached hydrogen (secondary N) is 2. The highest BCUT2D eigenvalue weighted by Crippen LogP contribution is 2.20. The van der Waals surface area contributed by atoms with E-state index in [1.165, 1.54) is 0 Å². The summed E-state index contributed by atoms with van der Waals surface area (Å²) in [6.07, 6.45) is 0. The van der Waals surface area contributed by atoms with E-state index in [2.05, 4.69) is 15.5 Å². The van der Waals surface area contributed by atoms with E-state index in [1.54, 1.807) is 24.3 Å². The van der Waals surface area contributed by atoms with E-state index in [4.69, 9.17) is 5.11 Å². The predicted molar refractivity (Wildman–Crippen MR) is 65.9 cm³/mol. The van der Waals surface area contributed by atoms with Gasteiger partial charge in [0.1, 0.15) is 5.69 Å². The molecule has 0 aliphatic rings. The molecule has 1 unspecified atom stereocenters. The van der Waals surface area contributed by atoms with Crippen molar-refractivity contribution in [2.24, 2.45) is 0 Å². The molecule has 0 bridgehead atoms. The average Bonchev–Trinajstić information content (AvgIpc) is 2.98. The lowest BCUT2D eigenvalue weighted by molar-refractivity contribution is 0.0917. The molecule has 6 heteroatoms. The number of carbonyl (C=O) groups is 1. The molecule has 0 radical (unpaired) electrons. The van der Waals surface area contributed by atoms with E-state index in [0.29, 0.717) is 5.69 Å². The summed E-state index contributed by atoms with van der Waals surface area (Å²) < 4.78 is 0. The fourth-order valence-electron chi connectivity index (χ4n) is 1.34. The molecule has 0 saturated carbocycles. The molecule has 1 atom stereocenters. The molecule has 0 aliphatic heterocycles. The van der Waals surface area contributed by atoms with Crippen molar-refractivity contribution in [2.45, 2.75) is 13.0 Å². The Morgan fingerprint density at radius 1 is 1.71 bits per heavy atom. The Hall–Kier alpha value is -1.66. The van der Waals surface area contributed by atoms with Crippen LogP contribution in [0.4, 0.5) is 0 Å². The lowest BCUT2D eigenvalue weighted by Gasteiger charge is -2.08. The number of aromatic nitrogens is 2. The van der Waals surface area contributed by atoms with Gasteiger partial charge in [-0.25, -0.2) is 0 Å². The van der Waals surface area contributed by atoms with Crippen molar-refractivity contribution in [3.8, 4) is 11.3 Å². The number of H-pyrrole nitrogens is 1. The van der Waals surface area contributed by atoms with Gasteiger partial charge in [-0.05, 0) is 24.4 Å². The summed E-state index contributed by atoms with van der Waals surface area (Å²) in [5.41, 5.74) is 2.13. The number of thiophene rings is 1. The van der Waals surface area contributed by atoms with Gasteiger partial charge in [-0.1, -0.05) is 0 Å². The first-order valence-electron chi connectivity index (χ1n) is 5.20. The van der Waals surface area contributed by atoms with Crippen LogP contribution >= 0.6 is 11.3 Å². The van der Waals surface area contributed by atoms with Crippen LogP contribution in [0, 0.1) is 0 Å². The second-order valence-corrected chi connectivity index (χ2v) is 4.52. The zero-order valence-corrected chi connectivity index (χ0v) is 10.1. The smallest absolute Gasteiger partial charge is 0.269 e. The number of aliphatic hydroxyl groups excluding tert-OH is 1. The van der Waals surface area contributed by atoms with Crippen LogP contribution in [0.2, 0.25) is 0 Å². The highest BCUT2D eigenvalue weighted by atomic mass is 32.1. The van der Waals surface area contributed by atoms with Crippen LogP contribution < -0.4 is 5.32 Å². The molecule has 2 heterocycles. The average molecular weight is 251 g/mol. The summed E-state index contributed by atoms with van der Waals surface area (Å²) in [5.74, 6) is -0.263. The van der Waals surface area contributed by atoms with Gasteiger partial charge < -0.3 is 10.4 Å². The molecule has 3 N–H and O–H groups in total. The molecule has 2 aromatic heterocycles. The van der Waals surface area contributed by atoms with Crippen LogP contribution in [0.25, 0.3) is 11.3 Å². The van der Waals surface area contributed by atoms with E-state index in [0.717, 1.165) is 11.3 Å². The van der Waals surface area contributed by atoms with Crippen molar-refractivity contribution in [1.29, 1.82) is 0 Å². The van der Waals surface area contributed by atoms with Crippen LogP contribution in [-0.2, 0) is 0 Å². The second kappa shape index (κ2) is 5.11. The Bertz CT molecular complexity index is 493. The Morgan fingerprint density at radius 2 is 2.53 bits per heavy atom. The predicted octanol–water partition coefficient (Wildman–Crippen LogP) is 1.25. The number of hydrogen-bond donors (Lipinski definition) is 3. The fourth-order valence-corrected chi connectivity index (χ4v) is 1.99. The van der Waals surface area contributed by atoms with E-state index >= 15 is 0 Å². The number of aliphatic hydroxyl groups is 1. The largest absolute Gasteiger partial charge is 0.394 e. The van der Waals surface area contributed by atoms with Gasteiger partial charge >= 0.3 is 0 Å². The molecule has 1 amide bonds. The quantitative estimate of drug-likeness (QED) is 0.765. The van der Waals surface area contributed by atoms with Gasteiger partial charge in [0.05, 0.1) is 12.3 Å². The van der Waals surface area contributed by atoms with Gasteiger partial charge in [-0.3, -0.25) is 9.89 Å². The van der Waals surface area contributed by atoms with Crippen molar-refractivity contribution < 1.29 is 9.90 Å². The van der Waals surface area contributed by atoms with E-state index < -0.39 is 0 Å². The molecule has 0 aliphatic carbocycles. The number of amides is 1. The Morgan fingerprint density at radius 3 is 3.18 bits per heavy atom. The molecule has 17 heavy (non-hydrogen) atoms. The molecule has 0 spiro atoms. The van der Waals surface area contributed by atoms with E-state index in [9.17, 15) is 4.79 Å². The van der Waals surface area contributed by atoms with Gasteiger partial charge in [0.25, 0.3) is 5.91 Å². The van der Waals surface area contributed by atoms with Gasteiger partial charge in [0, 0.05) is 17.0 Å². The first-order valence-corrected chi connectivity index (χ1v) is 6.14. The first-order chi connectivity index (χ1) is 8.20. The number of hydrogen-bond acceptors (Lipinski definition) is 4. The minimum atomic E-state index is -0.268. The third-order valence-electron chi connectivity index (χ3n) is 2.29. The maximum atomic E-state index is 11.7. The Labute approximate surface area is 102 Å². The minimum Gasteiger partial charge on any atom is -0.394 e. The lowest BCUT2D eigenvalue weighted by Crippen LogP contribution is -2.35.